The van der Waals surface area contributed by atoms with Crippen LogP contribution < -0.4 is 15.1 Å². The van der Waals surface area contributed by atoms with Crippen molar-refractivity contribution < 1.29 is 0 Å². The number of aromatic nitrogens is 3. The molecule has 1 aliphatic heterocycles. The van der Waals surface area contributed by atoms with Crippen LogP contribution in [0.25, 0.3) is 61.3 Å². The van der Waals surface area contributed by atoms with Gasteiger partial charge in [0.2, 0.25) is 0 Å². The van der Waals surface area contributed by atoms with Crippen LogP contribution in [0.5, 0.6) is 0 Å². The number of hydrogen-bond acceptors (Lipinski definition) is 4. The van der Waals surface area contributed by atoms with Crippen LogP contribution in [-0.2, 0) is 6.42 Å². The van der Waals surface area contributed by atoms with Crippen molar-refractivity contribution in [1.29, 1.82) is 0 Å². The predicted molar refractivity (Wildman–Crippen MR) is 274 cm³/mol. The highest BCUT2D eigenvalue weighted by atomic mass is 15.4. The second kappa shape index (κ2) is 15.6. The molecule has 1 atom stereocenters. The molecule has 1 unspecified atom stereocenters. The maximum Gasteiger partial charge on any atom is 0.159 e. The summed E-state index contributed by atoms with van der Waals surface area (Å²) in [5.74, 6) is 0.883. The zero-order valence-corrected chi connectivity index (χ0v) is 36.2. The van der Waals surface area contributed by atoms with Crippen molar-refractivity contribution in [3.63, 3.8) is 0 Å². The van der Waals surface area contributed by atoms with Crippen molar-refractivity contribution in [1.82, 2.24) is 14.1 Å². The summed E-state index contributed by atoms with van der Waals surface area (Å²) in [5, 5.41) is 7.86. The summed E-state index contributed by atoms with van der Waals surface area (Å²) < 4.78 is 4.82. The van der Waals surface area contributed by atoms with Crippen LogP contribution in [0, 0.1) is 0 Å². The first-order valence-corrected chi connectivity index (χ1v) is 22.8. The van der Waals surface area contributed by atoms with Crippen LogP contribution in [0.1, 0.15) is 29.4 Å². The van der Waals surface area contributed by atoms with E-state index in [4.69, 9.17) is 4.98 Å². The molecule has 8 aromatic carbocycles. The van der Waals surface area contributed by atoms with Crippen molar-refractivity contribution in [2.24, 2.45) is 0 Å². The fraction of sp³-hybridized carbons (Fsp3) is 0.0500. The molecule has 314 valence electrons. The molecule has 4 heterocycles. The van der Waals surface area contributed by atoms with Crippen LogP contribution in [0.15, 0.2) is 225 Å². The number of nitrogens with one attached hydrogen (secondary N) is 1. The minimum atomic E-state index is -0.258. The van der Waals surface area contributed by atoms with Gasteiger partial charge >= 0.3 is 0 Å². The van der Waals surface area contributed by atoms with Gasteiger partial charge in [-0.3, -0.25) is 4.90 Å². The highest BCUT2D eigenvalue weighted by molar-refractivity contribution is 6.09. The Hall–Kier alpha value is -8.61. The minimum Gasteiger partial charge on any atom is -0.358 e. The highest BCUT2D eigenvalue weighted by Gasteiger charge is 2.35. The Labute approximate surface area is 383 Å². The number of pyridine rings is 1. The normalized spacial score (nSPS) is 14.1. The molecule has 66 heavy (non-hydrogen) atoms. The molecule has 0 saturated carbocycles. The van der Waals surface area contributed by atoms with Crippen molar-refractivity contribution in [2.75, 3.05) is 15.1 Å². The van der Waals surface area contributed by atoms with Crippen LogP contribution in [0.2, 0.25) is 0 Å². The Kier molecular flexibility index (Phi) is 8.94. The van der Waals surface area contributed by atoms with Crippen molar-refractivity contribution >= 4 is 73.0 Å². The van der Waals surface area contributed by atoms with Gasteiger partial charge in [-0.05, 0) is 127 Å². The molecule has 13 rings (SSSR count). The lowest BCUT2D eigenvalue weighted by Gasteiger charge is -2.29. The van der Waals surface area contributed by atoms with Gasteiger partial charge in [-0.1, -0.05) is 127 Å². The molecule has 1 N–H and O–H groups in total. The number of hydrogen-bond donors (Lipinski definition) is 1. The summed E-state index contributed by atoms with van der Waals surface area (Å²) in [4.78, 5) is 9.88. The third-order valence-electron chi connectivity index (χ3n) is 13.4. The van der Waals surface area contributed by atoms with E-state index in [2.05, 4.69) is 249 Å². The third-order valence-corrected chi connectivity index (χ3v) is 13.4. The van der Waals surface area contributed by atoms with Gasteiger partial charge in [0.05, 0.1) is 22.2 Å². The van der Waals surface area contributed by atoms with E-state index in [1.807, 2.05) is 6.20 Å². The maximum absolute atomic E-state index is 5.20. The summed E-state index contributed by atoms with van der Waals surface area (Å²) in [5.41, 5.74) is 17.2. The number of nitrogens with zero attached hydrogens (tertiary/aromatic N) is 5. The SMILES string of the molecule is C1=Cc2c(c3ccccc3n2-c2cccc(-c3ccnc4c3NC(c3ccc(N(c5ccccc5)c5ccccc5)cc3)N4c3cccc(-n4c5ccccc5c5ccccc54)c3)c2)CC1. The van der Waals surface area contributed by atoms with Crippen LogP contribution in [0.4, 0.5) is 34.3 Å². The molecular formula is C60H44N6. The monoisotopic (exact) mass is 848 g/mol. The minimum absolute atomic E-state index is 0.258. The quantitative estimate of drug-likeness (QED) is 0.165. The topological polar surface area (TPSA) is 41.3 Å². The van der Waals surface area contributed by atoms with Crippen molar-refractivity contribution in [2.45, 2.75) is 19.0 Å². The molecule has 1 aliphatic carbocycles. The van der Waals surface area contributed by atoms with Crippen LogP contribution >= 0.6 is 0 Å². The highest BCUT2D eigenvalue weighted by Crippen LogP contribution is 2.50. The number of fused-ring (bicyclic) bond motifs is 7. The first kappa shape index (κ1) is 37.9. The Morgan fingerprint density at radius 1 is 0.500 bits per heavy atom. The number of aryl methyl sites for hydroxylation is 1. The zero-order chi connectivity index (χ0) is 43.6. The first-order chi connectivity index (χ1) is 32.8. The van der Waals surface area contributed by atoms with Crippen LogP contribution in [0.3, 0.4) is 0 Å². The number of allylic oxidation sites excluding steroid dienone is 1. The van der Waals surface area contributed by atoms with E-state index in [1.165, 1.54) is 44.0 Å². The summed E-state index contributed by atoms with van der Waals surface area (Å²) in [6, 6.07) is 76.4. The number of para-hydroxylation sites is 5. The van der Waals surface area contributed by atoms with Gasteiger partial charge in [0.15, 0.2) is 5.82 Å². The molecule has 0 saturated heterocycles. The van der Waals surface area contributed by atoms with E-state index >= 15 is 0 Å². The molecule has 6 nitrogen and oxygen atoms in total. The molecule has 0 amide bonds. The summed E-state index contributed by atoms with van der Waals surface area (Å²) in [6.07, 6.45) is 8.43. The average molecular weight is 849 g/mol. The van der Waals surface area contributed by atoms with Gasteiger partial charge in [0.1, 0.15) is 6.17 Å². The van der Waals surface area contributed by atoms with Gasteiger partial charge in [-0.2, -0.15) is 0 Å². The summed E-state index contributed by atoms with van der Waals surface area (Å²) >= 11 is 0. The Morgan fingerprint density at radius 3 is 1.77 bits per heavy atom. The molecule has 0 fully saturated rings. The van der Waals surface area contributed by atoms with Gasteiger partial charge < -0.3 is 19.4 Å². The molecule has 11 aromatic rings. The van der Waals surface area contributed by atoms with Crippen LogP contribution in [-0.4, -0.2) is 14.1 Å². The Balaban J connectivity index is 0.958. The number of anilines is 6. The molecule has 0 radical (unpaired) electrons. The fourth-order valence-electron chi connectivity index (χ4n) is 10.5. The van der Waals surface area contributed by atoms with E-state index in [0.29, 0.717) is 0 Å². The Bertz CT molecular complexity index is 3550. The molecule has 2 aliphatic rings. The van der Waals surface area contributed by atoms with E-state index < -0.39 is 0 Å². The molecular weight excluding hydrogens is 805 g/mol. The molecule has 3 aromatic heterocycles. The van der Waals surface area contributed by atoms with E-state index in [1.54, 1.807) is 0 Å². The Morgan fingerprint density at radius 2 is 1.08 bits per heavy atom. The average Bonchev–Trinajstić information content (AvgIpc) is 4.06. The number of rotatable bonds is 8. The third kappa shape index (κ3) is 6.14. The molecule has 6 heteroatoms. The lowest BCUT2D eigenvalue weighted by atomic mass is 10.0. The predicted octanol–water partition coefficient (Wildman–Crippen LogP) is 15.5. The number of benzene rings is 8. The lowest BCUT2D eigenvalue weighted by molar-refractivity contribution is 0.820. The summed E-state index contributed by atoms with van der Waals surface area (Å²) in [6.45, 7) is 0. The first-order valence-electron chi connectivity index (χ1n) is 22.8. The van der Waals surface area contributed by atoms with E-state index in [9.17, 15) is 0 Å². The lowest BCUT2D eigenvalue weighted by Crippen LogP contribution is -2.24. The maximum atomic E-state index is 5.20. The standard InChI is InChI=1S/C60H44N6/c1-3-18-43(19-4-1)63(44-20-5-2-6-21-44)45-35-33-41(34-36-45)59-62-58-49(42-17-15-22-46(39-42)64-54-29-11-7-25-50(54)51-26-8-12-30-55(51)64)37-38-61-60(58)66(59)48-24-16-23-47(40-48)65-56-31-13-9-27-52(56)53-28-10-14-32-57(53)65/h1-7,9-25,27-40,59,62H,8,26H2. The fourth-order valence-corrected chi connectivity index (χ4v) is 10.5. The van der Waals surface area contributed by atoms with E-state index in [0.717, 1.165) is 75.2 Å². The van der Waals surface area contributed by atoms with Crippen molar-refractivity contribution in [3.05, 3.63) is 241 Å². The largest absolute Gasteiger partial charge is 0.358 e. The molecule has 0 bridgehead atoms. The van der Waals surface area contributed by atoms with Gasteiger partial charge in [0, 0.05) is 67.7 Å². The second-order valence-electron chi connectivity index (χ2n) is 17.2. The zero-order valence-electron chi connectivity index (χ0n) is 36.2. The van der Waals surface area contributed by atoms with E-state index in [-0.39, 0.29) is 6.17 Å². The molecule has 0 spiro atoms. The van der Waals surface area contributed by atoms with Crippen molar-refractivity contribution in [3.8, 4) is 22.5 Å². The smallest absolute Gasteiger partial charge is 0.159 e. The van der Waals surface area contributed by atoms with Gasteiger partial charge in [-0.25, -0.2) is 4.98 Å². The van der Waals surface area contributed by atoms with Gasteiger partial charge in [0.25, 0.3) is 0 Å². The second-order valence-corrected chi connectivity index (χ2v) is 17.2. The summed E-state index contributed by atoms with van der Waals surface area (Å²) in [7, 11) is 0. The van der Waals surface area contributed by atoms with Gasteiger partial charge in [-0.15, -0.1) is 0 Å².